The van der Waals surface area contributed by atoms with Crippen LogP contribution < -0.4 is 0 Å². The zero-order valence-corrected chi connectivity index (χ0v) is 8.36. The summed E-state index contributed by atoms with van der Waals surface area (Å²) in [6.45, 7) is 1.81. The first-order valence-corrected chi connectivity index (χ1v) is 4.80. The second-order valence-electron chi connectivity index (χ2n) is 3.21. The summed E-state index contributed by atoms with van der Waals surface area (Å²) in [4.78, 5) is 3.94. The molecule has 0 aromatic carbocycles. The van der Waals surface area contributed by atoms with Crippen LogP contribution in [0.25, 0.3) is 0 Å². The van der Waals surface area contributed by atoms with Crippen LogP contribution in [0.4, 0.5) is 4.39 Å². The molecule has 0 radical (unpaired) electrons. The molecule has 1 aliphatic carbocycles. The topological polar surface area (TPSA) is 12.9 Å². The van der Waals surface area contributed by atoms with Gasteiger partial charge in [-0.15, -0.1) is 0 Å². The molecule has 1 aliphatic rings. The first-order chi connectivity index (χ1) is 5.70. The third-order valence-electron chi connectivity index (χ3n) is 2.26. The van der Waals surface area contributed by atoms with E-state index in [4.69, 9.17) is 0 Å². The van der Waals surface area contributed by atoms with Gasteiger partial charge >= 0.3 is 0 Å². The highest BCUT2D eigenvalue weighted by Crippen LogP contribution is 2.44. The molecule has 1 nitrogen and oxygen atoms in total. The highest BCUT2D eigenvalue weighted by Gasteiger charge is 2.28. The minimum atomic E-state index is -0.194. The second-order valence-corrected chi connectivity index (χ2v) is 3.96. The minimum Gasteiger partial charge on any atom is -0.246 e. The summed E-state index contributed by atoms with van der Waals surface area (Å²) in [6, 6.07) is 0. The molecular formula is C9H9BrFN. The summed E-state index contributed by atoms with van der Waals surface area (Å²) in [7, 11) is 0. The van der Waals surface area contributed by atoms with Crippen LogP contribution in [-0.2, 0) is 0 Å². The zero-order valence-electron chi connectivity index (χ0n) is 6.77. The van der Waals surface area contributed by atoms with Gasteiger partial charge in [-0.3, -0.25) is 0 Å². The van der Waals surface area contributed by atoms with Crippen molar-refractivity contribution in [3.05, 3.63) is 27.7 Å². The Morgan fingerprint density at radius 3 is 2.83 bits per heavy atom. The van der Waals surface area contributed by atoms with Crippen LogP contribution in [0.3, 0.4) is 0 Å². The van der Waals surface area contributed by atoms with Crippen molar-refractivity contribution in [3.8, 4) is 0 Å². The molecule has 2 rings (SSSR count). The summed E-state index contributed by atoms with van der Waals surface area (Å²) in [5, 5.41) is 0. The number of aromatic nitrogens is 1. The van der Waals surface area contributed by atoms with E-state index < -0.39 is 0 Å². The maximum absolute atomic E-state index is 13.1. The highest BCUT2D eigenvalue weighted by molar-refractivity contribution is 9.10. The molecule has 1 saturated carbocycles. The molecule has 3 heteroatoms. The summed E-state index contributed by atoms with van der Waals surface area (Å²) >= 11 is 3.34. The second kappa shape index (κ2) is 2.80. The normalized spacial score (nSPS) is 16.6. The van der Waals surface area contributed by atoms with Crippen LogP contribution >= 0.6 is 15.9 Å². The van der Waals surface area contributed by atoms with Crippen LogP contribution in [-0.4, -0.2) is 4.98 Å². The van der Waals surface area contributed by atoms with Crippen molar-refractivity contribution in [1.29, 1.82) is 0 Å². The largest absolute Gasteiger partial charge is 0.246 e. The van der Waals surface area contributed by atoms with E-state index in [2.05, 4.69) is 20.9 Å². The standard InChI is InChI=1S/C9H9BrFN/c1-5-7(11)4-12-9(10)8(5)6-2-3-6/h4,6H,2-3H2,1H3. The summed E-state index contributed by atoms with van der Waals surface area (Å²) in [5.74, 6) is 0.350. The van der Waals surface area contributed by atoms with Crippen LogP contribution in [0, 0.1) is 12.7 Å². The molecule has 0 N–H and O–H groups in total. The molecule has 1 fully saturated rings. The van der Waals surface area contributed by atoms with Crippen molar-refractivity contribution in [2.24, 2.45) is 0 Å². The Kier molecular flexibility index (Phi) is 1.91. The van der Waals surface area contributed by atoms with Gasteiger partial charge in [0.25, 0.3) is 0 Å². The van der Waals surface area contributed by atoms with E-state index in [1.165, 1.54) is 19.0 Å². The van der Waals surface area contributed by atoms with Crippen molar-refractivity contribution in [3.63, 3.8) is 0 Å². The molecule has 64 valence electrons. The number of hydrogen-bond acceptors (Lipinski definition) is 1. The molecule has 1 heterocycles. The molecule has 0 atom stereocenters. The SMILES string of the molecule is Cc1c(F)cnc(Br)c1C1CC1. The first kappa shape index (κ1) is 8.17. The van der Waals surface area contributed by atoms with Gasteiger partial charge < -0.3 is 0 Å². The number of halogens is 2. The van der Waals surface area contributed by atoms with Crippen LogP contribution in [0.5, 0.6) is 0 Å². The lowest BCUT2D eigenvalue weighted by Gasteiger charge is -2.06. The van der Waals surface area contributed by atoms with Gasteiger partial charge in [-0.25, -0.2) is 9.37 Å². The molecule has 1 aromatic rings. The first-order valence-electron chi connectivity index (χ1n) is 4.00. The van der Waals surface area contributed by atoms with E-state index in [-0.39, 0.29) is 5.82 Å². The highest BCUT2D eigenvalue weighted by atomic mass is 79.9. The number of nitrogens with zero attached hydrogens (tertiary/aromatic N) is 1. The van der Waals surface area contributed by atoms with Crippen molar-refractivity contribution >= 4 is 15.9 Å². The Hall–Kier alpha value is -0.440. The van der Waals surface area contributed by atoms with Gasteiger partial charge in [0, 0.05) is 0 Å². The van der Waals surface area contributed by atoms with Gasteiger partial charge in [-0.2, -0.15) is 0 Å². The zero-order chi connectivity index (χ0) is 8.72. The molecule has 0 spiro atoms. The average molecular weight is 230 g/mol. The lowest BCUT2D eigenvalue weighted by atomic mass is 10.1. The van der Waals surface area contributed by atoms with Crippen LogP contribution in [0.2, 0.25) is 0 Å². The number of pyridine rings is 1. The third-order valence-corrected chi connectivity index (χ3v) is 2.89. The van der Waals surface area contributed by atoms with E-state index in [0.29, 0.717) is 5.92 Å². The Morgan fingerprint density at radius 1 is 1.58 bits per heavy atom. The summed E-state index contributed by atoms with van der Waals surface area (Å²) < 4.78 is 13.9. The average Bonchev–Trinajstić information content (AvgIpc) is 2.81. The van der Waals surface area contributed by atoms with E-state index in [1.807, 2.05) is 6.92 Å². The fraction of sp³-hybridized carbons (Fsp3) is 0.444. The molecule has 0 amide bonds. The minimum absolute atomic E-state index is 0.194. The van der Waals surface area contributed by atoms with Crippen molar-refractivity contribution in [2.45, 2.75) is 25.7 Å². The molecular weight excluding hydrogens is 221 g/mol. The predicted octanol–water partition coefficient (Wildman–Crippen LogP) is 3.17. The summed E-state index contributed by atoms with van der Waals surface area (Å²) in [5.41, 5.74) is 1.81. The van der Waals surface area contributed by atoms with Gasteiger partial charge in [-0.05, 0) is 52.7 Å². The Balaban J connectivity index is 2.55. The summed E-state index contributed by atoms with van der Waals surface area (Å²) in [6.07, 6.45) is 3.61. The van der Waals surface area contributed by atoms with E-state index in [1.54, 1.807) is 0 Å². The van der Waals surface area contributed by atoms with Crippen molar-refractivity contribution in [1.82, 2.24) is 4.98 Å². The molecule has 1 aromatic heterocycles. The maximum Gasteiger partial charge on any atom is 0.144 e. The molecule has 0 bridgehead atoms. The monoisotopic (exact) mass is 229 g/mol. The van der Waals surface area contributed by atoms with Crippen molar-refractivity contribution < 1.29 is 4.39 Å². The van der Waals surface area contributed by atoms with E-state index >= 15 is 0 Å². The fourth-order valence-electron chi connectivity index (χ4n) is 1.41. The molecule has 0 aliphatic heterocycles. The van der Waals surface area contributed by atoms with Crippen LogP contribution in [0.1, 0.15) is 29.9 Å². The van der Waals surface area contributed by atoms with E-state index in [0.717, 1.165) is 15.7 Å². The smallest absolute Gasteiger partial charge is 0.144 e. The Labute approximate surface area is 79.1 Å². The molecule has 0 unspecified atom stereocenters. The van der Waals surface area contributed by atoms with Gasteiger partial charge in [-0.1, -0.05) is 0 Å². The van der Waals surface area contributed by atoms with Gasteiger partial charge in [0.05, 0.1) is 6.20 Å². The van der Waals surface area contributed by atoms with Crippen LogP contribution in [0.15, 0.2) is 10.8 Å². The number of rotatable bonds is 1. The fourth-order valence-corrected chi connectivity index (χ4v) is 2.13. The molecule has 12 heavy (non-hydrogen) atoms. The van der Waals surface area contributed by atoms with E-state index in [9.17, 15) is 4.39 Å². The lowest BCUT2D eigenvalue weighted by Crippen LogP contribution is -1.95. The quantitative estimate of drug-likeness (QED) is 0.675. The Morgan fingerprint density at radius 2 is 2.25 bits per heavy atom. The maximum atomic E-state index is 13.1. The third kappa shape index (κ3) is 1.26. The van der Waals surface area contributed by atoms with Crippen molar-refractivity contribution in [2.75, 3.05) is 0 Å². The lowest BCUT2D eigenvalue weighted by molar-refractivity contribution is 0.607. The van der Waals surface area contributed by atoms with Gasteiger partial charge in [0.1, 0.15) is 10.4 Å². The Bertz CT molecular complexity index is 321. The molecule has 0 saturated heterocycles. The van der Waals surface area contributed by atoms with Gasteiger partial charge in [0.15, 0.2) is 0 Å². The predicted molar refractivity (Wildman–Crippen MR) is 48.6 cm³/mol. The number of hydrogen-bond donors (Lipinski definition) is 0. The van der Waals surface area contributed by atoms with Gasteiger partial charge in [0.2, 0.25) is 0 Å².